The van der Waals surface area contributed by atoms with E-state index < -0.39 is 10.0 Å². The number of sulfonamides is 1. The second-order valence-electron chi connectivity index (χ2n) is 1.27. The first-order chi connectivity index (χ1) is 3.06. The molecular formula is C3H10ClNO2S. The summed E-state index contributed by atoms with van der Waals surface area (Å²) in [6.45, 7) is 2.21. The predicted octanol–water partition coefficient (Wildman–Crippen LogP) is -0.0227. The van der Waals surface area contributed by atoms with Crippen molar-refractivity contribution in [3.8, 4) is 0 Å². The molecule has 0 heterocycles. The first-order valence-electron chi connectivity index (χ1n) is 2.01. The maximum Gasteiger partial charge on any atom is 0.208 e. The molecule has 3 nitrogen and oxygen atoms in total. The van der Waals surface area contributed by atoms with Gasteiger partial charge >= 0.3 is 0 Å². The highest BCUT2D eigenvalue weighted by Gasteiger charge is 1.92. The van der Waals surface area contributed by atoms with E-state index in [1.807, 2.05) is 0 Å². The molecule has 0 unspecified atom stereocenters. The summed E-state index contributed by atoms with van der Waals surface area (Å²) in [6, 6.07) is 0. The highest BCUT2D eigenvalue weighted by Crippen LogP contribution is 1.67. The zero-order valence-electron chi connectivity index (χ0n) is 4.84. The van der Waals surface area contributed by atoms with Crippen molar-refractivity contribution in [2.75, 3.05) is 12.8 Å². The second kappa shape index (κ2) is 4.12. The van der Waals surface area contributed by atoms with Crippen LogP contribution in [0.2, 0.25) is 0 Å². The van der Waals surface area contributed by atoms with Gasteiger partial charge in [-0.25, -0.2) is 13.1 Å². The molecule has 1 N–H and O–H groups in total. The second-order valence-corrected chi connectivity index (χ2v) is 3.10. The first-order valence-corrected chi connectivity index (χ1v) is 3.90. The van der Waals surface area contributed by atoms with Crippen LogP contribution in [0.4, 0.5) is 0 Å². The smallest absolute Gasteiger partial charge is 0.208 e. The van der Waals surface area contributed by atoms with Gasteiger partial charge in [-0.05, 0) is 0 Å². The number of nitrogens with one attached hydrogen (secondary N) is 1. The average Bonchev–Trinajstić information content (AvgIpc) is 1.30. The van der Waals surface area contributed by atoms with Crippen LogP contribution in [0.3, 0.4) is 0 Å². The Morgan fingerprint density at radius 2 is 1.88 bits per heavy atom. The molecule has 0 amide bonds. The van der Waals surface area contributed by atoms with Gasteiger partial charge in [0.25, 0.3) is 0 Å². The van der Waals surface area contributed by atoms with E-state index in [-0.39, 0.29) is 12.4 Å². The Morgan fingerprint density at radius 3 is 1.88 bits per heavy atom. The molecule has 0 fully saturated rings. The molecular weight excluding hydrogens is 150 g/mol. The standard InChI is InChI=1S/C3H9NO2S.ClH/c1-3-4-7(2,5)6;/h4H,3H2,1-2H3;1H. The van der Waals surface area contributed by atoms with Crippen LogP contribution >= 0.6 is 12.4 Å². The van der Waals surface area contributed by atoms with Crippen molar-refractivity contribution in [2.24, 2.45) is 0 Å². The molecule has 0 atom stereocenters. The van der Waals surface area contributed by atoms with Gasteiger partial charge in [0, 0.05) is 6.54 Å². The van der Waals surface area contributed by atoms with Gasteiger partial charge in [0.05, 0.1) is 6.26 Å². The molecule has 52 valence electrons. The third kappa shape index (κ3) is 9.50. The van der Waals surface area contributed by atoms with Crippen LogP contribution in [0.25, 0.3) is 0 Å². The maximum absolute atomic E-state index is 10.1. The average molecular weight is 160 g/mol. The van der Waals surface area contributed by atoms with E-state index in [0.29, 0.717) is 6.54 Å². The lowest BCUT2D eigenvalue weighted by molar-refractivity contribution is 0.590. The van der Waals surface area contributed by atoms with E-state index in [4.69, 9.17) is 0 Å². The molecule has 0 aliphatic carbocycles. The van der Waals surface area contributed by atoms with Crippen molar-refractivity contribution >= 4 is 22.4 Å². The lowest BCUT2D eigenvalue weighted by Gasteiger charge is -1.91. The zero-order valence-corrected chi connectivity index (χ0v) is 6.47. The SMILES string of the molecule is CCNS(C)(=O)=O.Cl. The fourth-order valence-corrected chi connectivity index (χ4v) is 0.787. The van der Waals surface area contributed by atoms with Gasteiger partial charge in [-0.15, -0.1) is 12.4 Å². The summed E-state index contributed by atoms with van der Waals surface area (Å²) in [5, 5.41) is 0. The lowest BCUT2D eigenvalue weighted by Crippen LogP contribution is -2.20. The van der Waals surface area contributed by atoms with E-state index >= 15 is 0 Å². The minimum absolute atomic E-state index is 0. The van der Waals surface area contributed by atoms with Gasteiger partial charge in [-0.2, -0.15) is 0 Å². The number of hydrogen-bond donors (Lipinski definition) is 1. The van der Waals surface area contributed by atoms with Crippen LogP contribution in [0.1, 0.15) is 6.92 Å². The fraction of sp³-hybridized carbons (Fsp3) is 1.00. The van der Waals surface area contributed by atoms with Gasteiger partial charge in [0.15, 0.2) is 0 Å². The molecule has 0 aromatic heterocycles. The molecule has 0 aliphatic heterocycles. The van der Waals surface area contributed by atoms with Gasteiger partial charge < -0.3 is 0 Å². The van der Waals surface area contributed by atoms with Gasteiger partial charge in [-0.3, -0.25) is 0 Å². The topological polar surface area (TPSA) is 46.2 Å². The molecule has 0 spiro atoms. The molecule has 8 heavy (non-hydrogen) atoms. The summed E-state index contributed by atoms with van der Waals surface area (Å²) in [7, 11) is -2.92. The van der Waals surface area contributed by atoms with Crippen LogP contribution in [0.15, 0.2) is 0 Å². The molecule has 0 aromatic carbocycles. The van der Waals surface area contributed by atoms with Crippen LogP contribution in [0, 0.1) is 0 Å². The van der Waals surface area contributed by atoms with Gasteiger partial charge in [0.2, 0.25) is 10.0 Å². The van der Waals surface area contributed by atoms with Crippen LogP contribution in [-0.4, -0.2) is 21.2 Å². The predicted molar refractivity (Wildman–Crippen MR) is 35.8 cm³/mol. The third-order valence-electron chi connectivity index (χ3n) is 0.407. The van der Waals surface area contributed by atoms with Crippen LogP contribution in [-0.2, 0) is 10.0 Å². The summed E-state index contributed by atoms with van der Waals surface area (Å²) >= 11 is 0. The first kappa shape index (κ1) is 11.1. The van der Waals surface area contributed by atoms with E-state index in [1.54, 1.807) is 6.92 Å². The molecule has 0 aliphatic rings. The summed E-state index contributed by atoms with van der Waals surface area (Å²) in [6.07, 6.45) is 1.14. The molecule has 0 rings (SSSR count). The number of hydrogen-bond acceptors (Lipinski definition) is 2. The van der Waals surface area contributed by atoms with Crippen LogP contribution in [0.5, 0.6) is 0 Å². The van der Waals surface area contributed by atoms with Gasteiger partial charge in [-0.1, -0.05) is 6.92 Å². The van der Waals surface area contributed by atoms with E-state index in [2.05, 4.69) is 4.72 Å². The normalized spacial score (nSPS) is 10.2. The van der Waals surface area contributed by atoms with E-state index in [1.165, 1.54) is 0 Å². The Morgan fingerprint density at radius 1 is 1.50 bits per heavy atom. The Balaban J connectivity index is 0. The fourth-order valence-electron chi connectivity index (χ4n) is 0.262. The summed E-state index contributed by atoms with van der Waals surface area (Å²) < 4.78 is 22.5. The Kier molecular flexibility index (Phi) is 5.69. The molecule has 0 saturated carbocycles. The highest BCUT2D eigenvalue weighted by atomic mass is 35.5. The maximum atomic E-state index is 10.1. The van der Waals surface area contributed by atoms with Crippen molar-refractivity contribution in [2.45, 2.75) is 6.92 Å². The third-order valence-corrected chi connectivity index (χ3v) is 1.22. The number of halogens is 1. The molecule has 0 radical (unpaired) electrons. The van der Waals surface area contributed by atoms with Crippen molar-refractivity contribution in [3.63, 3.8) is 0 Å². The molecule has 0 bridgehead atoms. The van der Waals surface area contributed by atoms with Crippen LogP contribution < -0.4 is 4.72 Å². The molecule has 5 heteroatoms. The molecule has 0 saturated heterocycles. The highest BCUT2D eigenvalue weighted by molar-refractivity contribution is 7.88. The van der Waals surface area contributed by atoms with Crippen molar-refractivity contribution in [1.29, 1.82) is 0 Å². The Bertz CT molecular complexity index is 130. The zero-order chi connectivity index (χ0) is 5.91. The summed E-state index contributed by atoms with van der Waals surface area (Å²) in [4.78, 5) is 0. The van der Waals surface area contributed by atoms with Crippen molar-refractivity contribution in [1.82, 2.24) is 4.72 Å². The van der Waals surface area contributed by atoms with Gasteiger partial charge in [0.1, 0.15) is 0 Å². The summed E-state index contributed by atoms with van der Waals surface area (Å²) in [5.41, 5.74) is 0. The minimum Gasteiger partial charge on any atom is -0.216 e. The Hall–Kier alpha value is 0.200. The Labute approximate surface area is 55.9 Å². The monoisotopic (exact) mass is 159 g/mol. The number of rotatable bonds is 2. The van der Waals surface area contributed by atoms with E-state index in [0.717, 1.165) is 6.26 Å². The summed E-state index contributed by atoms with van der Waals surface area (Å²) in [5.74, 6) is 0. The largest absolute Gasteiger partial charge is 0.216 e. The van der Waals surface area contributed by atoms with Crippen molar-refractivity contribution in [3.05, 3.63) is 0 Å². The van der Waals surface area contributed by atoms with E-state index in [9.17, 15) is 8.42 Å². The minimum atomic E-state index is -2.92. The van der Waals surface area contributed by atoms with Crippen molar-refractivity contribution < 1.29 is 8.42 Å². The lowest BCUT2D eigenvalue weighted by atomic mass is 10.8. The quantitative estimate of drug-likeness (QED) is 0.616. The molecule has 0 aromatic rings.